The number of benzene rings is 1. The Morgan fingerprint density at radius 1 is 1.22 bits per heavy atom. The molecular formula is C13H16Cl2N2O. The maximum Gasteiger partial charge on any atom is 0.251 e. The summed E-state index contributed by atoms with van der Waals surface area (Å²) in [6, 6.07) is 3.38. The van der Waals surface area contributed by atoms with Crippen molar-refractivity contribution in [2.45, 2.75) is 38.1 Å². The maximum atomic E-state index is 12.1. The van der Waals surface area contributed by atoms with Gasteiger partial charge in [-0.3, -0.25) is 4.79 Å². The predicted octanol–water partition coefficient (Wildman–Crippen LogP) is 3.64. The van der Waals surface area contributed by atoms with Crippen molar-refractivity contribution >= 4 is 34.8 Å². The van der Waals surface area contributed by atoms with Gasteiger partial charge in [0.25, 0.3) is 5.91 Å². The first kappa shape index (κ1) is 13.5. The van der Waals surface area contributed by atoms with E-state index >= 15 is 0 Å². The number of nitrogens with two attached hydrogens (primary N) is 1. The van der Waals surface area contributed by atoms with Crippen molar-refractivity contribution in [2.24, 2.45) is 0 Å². The van der Waals surface area contributed by atoms with E-state index in [1.165, 1.54) is 19.3 Å². The zero-order chi connectivity index (χ0) is 13.1. The molecule has 1 aromatic carbocycles. The van der Waals surface area contributed by atoms with Crippen LogP contribution >= 0.6 is 23.2 Å². The van der Waals surface area contributed by atoms with Crippen LogP contribution < -0.4 is 11.1 Å². The van der Waals surface area contributed by atoms with Gasteiger partial charge in [-0.15, -0.1) is 0 Å². The first-order chi connectivity index (χ1) is 8.58. The Kier molecular flexibility index (Phi) is 4.36. The van der Waals surface area contributed by atoms with Gasteiger partial charge in [0.15, 0.2) is 0 Å². The van der Waals surface area contributed by atoms with Gasteiger partial charge >= 0.3 is 0 Å². The molecule has 0 saturated heterocycles. The molecule has 0 atom stereocenters. The molecule has 1 aliphatic rings. The SMILES string of the molecule is Nc1cc(C(=O)NC2CCCCC2)cc(Cl)c1Cl. The summed E-state index contributed by atoms with van der Waals surface area (Å²) in [5.41, 5.74) is 6.49. The first-order valence-corrected chi connectivity index (χ1v) is 6.89. The van der Waals surface area contributed by atoms with Crippen LogP contribution in [0.5, 0.6) is 0 Å². The number of carbonyl (C=O) groups excluding carboxylic acids is 1. The average molecular weight is 287 g/mol. The van der Waals surface area contributed by atoms with Gasteiger partial charge in [-0.1, -0.05) is 42.5 Å². The summed E-state index contributed by atoms with van der Waals surface area (Å²) in [6.07, 6.45) is 5.69. The number of carbonyl (C=O) groups is 1. The van der Waals surface area contributed by atoms with Crippen LogP contribution in [0, 0.1) is 0 Å². The molecule has 0 aliphatic heterocycles. The Bertz CT molecular complexity index is 433. The van der Waals surface area contributed by atoms with E-state index in [2.05, 4.69) is 5.32 Å². The molecule has 0 radical (unpaired) electrons. The Hall–Kier alpha value is -0.930. The molecule has 0 aromatic heterocycles. The second-order valence-corrected chi connectivity index (χ2v) is 5.45. The number of nitrogens with one attached hydrogen (secondary N) is 1. The number of hydrogen-bond donors (Lipinski definition) is 2. The Labute approximate surface area is 117 Å². The van der Waals surface area contributed by atoms with Crippen molar-refractivity contribution in [3.63, 3.8) is 0 Å². The van der Waals surface area contributed by atoms with Gasteiger partial charge in [0.1, 0.15) is 0 Å². The molecule has 1 aliphatic carbocycles. The highest BCUT2D eigenvalue weighted by atomic mass is 35.5. The zero-order valence-electron chi connectivity index (χ0n) is 10.0. The van der Waals surface area contributed by atoms with Crippen molar-refractivity contribution in [3.8, 4) is 0 Å². The van der Waals surface area contributed by atoms with Crippen LogP contribution in [0.15, 0.2) is 12.1 Å². The summed E-state index contributed by atoms with van der Waals surface area (Å²) in [5.74, 6) is -0.132. The molecule has 3 N–H and O–H groups in total. The fraction of sp³-hybridized carbons (Fsp3) is 0.462. The summed E-state index contributed by atoms with van der Waals surface area (Å²) >= 11 is 11.8. The van der Waals surface area contributed by atoms with E-state index in [9.17, 15) is 4.79 Å². The number of nitrogen functional groups attached to an aromatic ring is 1. The van der Waals surface area contributed by atoms with E-state index in [0.29, 0.717) is 21.3 Å². The third-order valence-electron chi connectivity index (χ3n) is 3.26. The minimum absolute atomic E-state index is 0.132. The fourth-order valence-corrected chi connectivity index (χ4v) is 2.59. The van der Waals surface area contributed by atoms with E-state index in [4.69, 9.17) is 28.9 Å². The predicted molar refractivity (Wildman–Crippen MR) is 75.2 cm³/mol. The summed E-state index contributed by atoms with van der Waals surface area (Å²) < 4.78 is 0. The van der Waals surface area contributed by atoms with E-state index in [1.54, 1.807) is 12.1 Å². The minimum Gasteiger partial charge on any atom is -0.397 e. The molecule has 98 valence electrons. The zero-order valence-corrected chi connectivity index (χ0v) is 11.5. The molecule has 18 heavy (non-hydrogen) atoms. The molecule has 0 bridgehead atoms. The second-order valence-electron chi connectivity index (χ2n) is 4.67. The van der Waals surface area contributed by atoms with Gasteiger partial charge in [-0.25, -0.2) is 0 Å². The van der Waals surface area contributed by atoms with Crippen LogP contribution in [0.2, 0.25) is 10.0 Å². The number of anilines is 1. The number of amides is 1. The normalized spacial score (nSPS) is 16.6. The molecule has 2 rings (SSSR count). The Balaban J connectivity index is 2.08. The molecular weight excluding hydrogens is 271 g/mol. The lowest BCUT2D eigenvalue weighted by Crippen LogP contribution is -2.36. The van der Waals surface area contributed by atoms with Gasteiger partial charge in [-0.05, 0) is 25.0 Å². The summed E-state index contributed by atoms with van der Waals surface area (Å²) in [7, 11) is 0. The van der Waals surface area contributed by atoms with Crippen LogP contribution in [-0.2, 0) is 0 Å². The smallest absolute Gasteiger partial charge is 0.251 e. The molecule has 1 amide bonds. The minimum atomic E-state index is -0.132. The third kappa shape index (κ3) is 3.09. The van der Waals surface area contributed by atoms with E-state index in [0.717, 1.165) is 12.8 Å². The monoisotopic (exact) mass is 286 g/mol. The Morgan fingerprint density at radius 3 is 2.50 bits per heavy atom. The van der Waals surface area contributed by atoms with Crippen LogP contribution in [0.25, 0.3) is 0 Å². The number of rotatable bonds is 2. The lowest BCUT2D eigenvalue weighted by atomic mass is 9.95. The second kappa shape index (κ2) is 5.81. The summed E-state index contributed by atoms with van der Waals surface area (Å²) in [5, 5.41) is 3.62. The van der Waals surface area contributed by atoms with Crippen LogP contribution in [0.4, 0.5) is 5.69 Å². The van der Waals surface area contributed by atoms with Gasteiger partial charge in [-0.2, -0.15) is 0 Å². The summed E-state index contributed by atoms with van der Waals surface area (Å²) in [6.45, 7) is 0. The topological polar surface area (TPSA) is 55.1 Å². The van der Waals surface area contributed by atoms with Crippen molar-refractivity contribution in [2.75, 3.05) is 5.73 Å². The molecule has 1 saturated carbocycles. The summed E-state index contributed by atoms with van der Waals surface area (Å²) in [4.78, 5) is 12.1. The quantitative estimate of drug-likeness (QED) is 0.816. The van der Waals surface area contributed by atoms with Crippen LogP contribution in [0.1, 0.15) is 42.5 Å². The van der Waals surface area contributed by atoms with Gasteiger partial charge in [0.05, 0.1) is 15.7 Å². The number of hydrogen-bond acceptors (Lipinski definition) is 2. The molecule has 0 heterocycles. The molecule has 0 unspecified atom stereocenters. The van der Waals surface area contributed by atoms with Gasteiger partial charge in [0, 0.05) is 11.6 Å². The van der Waals surface area contributed by atoms with E-state index < -0.39 is 0 Å². The average Bonchev–Trinajstić information content (AvgIpc) is 2.36. The lowest BCUT2D eigenvalue weighted by Gasteiger charge is -2.22. The number of halogens is 2. The molecule has 3 nitrogen and oxygen atoms in total. The highest BCUT2D eigenvalue weighted by Crippen LogP contribution is 2.29. The third-order valence-corrected chi connectivity index (χ3v) is 4.08. The van der Waals surface area contributed by atoms with E-state index in [1.807, 2.05) is 0 Å². The van der Waals surface area contributed by atoms with Crippen molar-refractivity contribution in [1.82, 2.24) is 5.32 Å². The largest absolute Gasteiger partial charge is 0.397 e. The van der Waals surface area contributed by atoms with Gasteiger partial charge < -0.3 is 11.1 Å². The van der Waals surface area contributed by atoms with Crippen molar-refractivity contribution in [3.05, 3.63) is 27.7 Å². The van der Waals surface area contributed by atoms with Crippen molar-refractivity contribution in [1.29, 1.82) is 0 Å². The molecule has 1 aromatic rings. The maximum absolute atomic E-state index is 12.1. The van der Waals surface area contributed by atoms with E-state index in [-0.39, 0.29) is 11.9 Å². The highest BCUT2D eigenvalue weighted by molar-refractivity contribution is 6.43. The molecule has 1 fully saturated rings. The van der Waals surface area contributed by atoms with Crippen molar-refractivity contribution < 1.29 is 4.79 Å². The highest BCUT2D eigenvalue weighted by Gasteiger charge is 2.17. The first-order valence-electron chi connectivity index (χ1n) is 6.13. The van der Waals surface area contributed by atoms with Crippen LogP contribution in [-0.4, -0.2) is 11.9 Å². The fourth-order valence-electron chi connectivity index (χ4n) is 2.26. The van der Waals surface area contributed by atoms with Gasteiger partial charge in [0.2, 0.25) is 0 Å². The Morgan fingerprint density at radius 2 is 1.89 bits per heavy atom. The van der Waals surface area contributed by atoms with Crippen LogP contribution in [0.3, 0.4) is 0 Å². The molecule has 0 spiro atoms. The standard InChI is InChI=1S/C13H16Cl2N2O/c14-10-6-8(7-11(16)12(10)15)13(18)17-9-4-2-1-3-5-9/h6-7,9H,1-5,16H2,(H,17,18). The lowest BCUT2D eigenvalue weighted by molar-refractivity contribution is 0.0928. The molecule has 5 heteroatoms.